The number of nitrogens with zero attached hydrogens (tertiary/aromatic N) is 7. The first-order chi connectivity index (χ1) is 29.9. The predicted molar refractivity (Wildman–Crippen MR) is 231 cm³/mol. The maximum absolute atomic E-state index is 14.0. The number of rotatable bonds is 12. The van der Waals surface area contributed by atoms with Crippen molar-refractivity contribution in [1.82, 2.24) is 20.1 Å². The number of piperazine rings is 1. The molecule has 4 aliphatic rings. The average Bonchev–Trinajstić information content (AvgIpc) is 3.45. The normalized spacial score (nSPS) is 21.5. The van der Waals surface area contributed by atoms with Crippen molar-refractivity contribution in [2.24, 2.45) is 0 Å². The zero-order chi connectivity index (χ0) is 45.4. The van der Waals surface area contributed by atoms with Crippen LogP contribution in [0.1, 0.15) is 88.1 Å². The molecule has 3 saturated heterocycles. The Kier molecular flexibility index (Phi) is 12.8. The third-order valence-corrected chi connectivity index (χ3v) is 12.5. The third kappa shape index (κ3) is 9.18. The van der Waals surface area contributed by atoms with Gasteiger partial charge in [-0.05, 0) is 106 Å². The van der Waals surface area contributed by atoms with E-state index in [1.165, 1.54) is 6.07 Å². The van der Waals surface area contributed by atoms with Crippen LogP contribution in [0.25, 0.3) is 0 Å². The summed E-state index contributed by atoms with van der Waals surface area (Å²) in [6.07, 6.45) is -1.61. The lowest BCUT2D eigenvalue weighted by Gasteiger charge is -2.44. The molecule has 1 unspecified atom stereocenters. The van der Waals surface area contributed by atoms with Gasteiger partial charge < -0.3 is 20.3 Å². The van der Waals surface area contributed by atoms with Crippen LogP contribution < -0.4 is 30.5 Å². The predicted octanol–water partition coefficient (Wildman–Crippen LogP) is 5.66. The van der Waals surface area contributed by atoms with Gasteiger partial charge in [0.05, 0.1) is 35.6 Å². The maximum atomic E-state index is 14.0. The van der Waals surface area contributed by atoms with Crippen molar-refractivity contribution >= 4 is 63.7 Å². The lowest BCUT2D eigenvalue weighted by atomic mass is 9.75. The number of anilines is 4. The van der Waals surface area contributed by atoms with Crippen molar-refractivity contribution < 1.29 is 37.1 Å². The van der Waals surface area contributed by atoms with Gasteiger partial charge in [0.1, 0.15) is 30.0 Å². The number of pyridine rings is 1. The number of benzene rings is 2. The number of carbonyl (C=O) groups excluding carboxylic acids is 4. The number of aromatic nitrogens is 1. The summed E-state index contributed by atoms with van der Waals surface area (Å²) in [5.74, 6) is -0.811. The molecule has 2 aromatic carbocycles. The number of nitriles is 2. The molecule has 3 aliphatic heterocycles. The molecule has 1 spiro atoms. The Morgan fingerprint density at radius 1 is 1.03 bits per heavy atom. The van der Waals surface area contributed by atoms with Crippen molar-refractivity contribution in [3.8, 4) is 17.9 Å². The smallest absolute Gasteiger partial charge is 0.419 e. The summed E-state index contributed by atoms with van der Waals surface area (Å²) < 4.78 is 48.0. The molecule has 0 radical (unpaired) electrons. The number of thiocarbonyl (C=S) groups is 1. The standard InChI is InChI=1S/C44H47F3N10O5S/c1-25(2)33-17-31(57-42(63)56(41(61)43(57)10-5-11-43)32-18-34(44(45,46)47)36(20-49)50-21-32)6-8-37(33)62-13-12-54-22-26(3)55(27(4)23-54)24-39(59)52-30-15-28(19-48)14-29(16-30)51-35-7-9-38(58)53-40(35)60/h6,8,14-18,21,25-27,35,51H,5,7,9-13,22-24H2,1-4H3,(H,52,59)(H,53,58,60)/t26-,27+,35?. The molecular weight excluding hydrogens is 838 g/mol. The van der Waals surface area contributed by atoms with E-state index in [-0.39, 0.29) is 53.6 Å². The molecule has 3 N–H and O–H groups in total. The van der Waals surface area contributed by atoms with E-state index in [0.29, 0.717) is 73.9 Å². The van der Waals surface area contributed by atoms with Crippen molar-refractivity contribution in [1.29, 1.82) is 10.5 Å². The number of imide groups is 1. The van der Waals surface area contributed by atoms with Gasteiger partial charge in [0.15, 0.2) is 10.8 Å². The minimum Gasteiger partial charge on any atom is -0.492 e. The van der Waals surface area contributed by atoms with Gasteiger partial charge in [-0.15, -0.1) is 0 Å². The summed E-state index contributed by atoms with van der Waals surface area (Å²) >= 11 is 5.82. The molecule has 3 atom stereocenters. The molecule has 15 nitrogen and oxygen atoms in total. The lowest BCUT2D eigenvalue weighted by molar-refractivity contribution is -0.138. The molecule has 4 heterocycles. The summed E-state index contributed by atoms with van der Waals surface area (Å²) in [5.41, 5.74) is -0.574. The zero-order valence-electron chi connectivity index (χ0n) is 35.2. The van der Waals surface area contributed by atoms with E-state index in [9.17, 15) is 42.9 Å². The van der Waals surface area contributed by atoms with Crippen LogP contribution in [0.3, 0.4) is 0 Å². The minimum atomic E-state index is -4.86. The number of halogens is 3. The molecule has 19 heteroatoms. The highest BCUT2D eigenvalue weighted by Gasteiger charge is 2.60. The molecule has 1 aliphatic carbocycles. The van der Waals surface area contributed by atoms with Gasteiger partial charge in [0.25, 0.3) is 5.91 Å². The molecule has 1 saturated carbocycles. The van der Waals surface area contributed by atoms with Crippen LogP contribution in [0.4, 0.5) is 35.9 Å². The van der Waals surface area contributed by atoms with E-state index in [1.54, 1.807) is 23.1 Å². The number of piperidine rings is 1. The zero-order valence-corrected chi connectivity index (χ0v) is 36.0. The molecule has 63 heavy (non-hydrogen) atoms. The summed E-state index contributed by atoms with van der Waals surface area (Å²) in [6.45, 7) is 10.6. The van der Waals surface area contributed by atoms with Gasteiger partial charge in [-0.2, -0.15) is 23.7 Å². The van der Waals surface area contributed by atoms with Crippen molar-refractivity contribution in [2.75, 3.05) is 53.2 Å². The molecule has 3 aromatic rings. The number of carbonyl (C=O) groups is 4. The minimum absolute atomic E-state index is 0.00245. The molecule has 330 valence electrons. The SMILES string of the molecule is CC(C)c1cc(N2C(=S)N(c3cnc(C#N)c(C(F)(F)F)c3)C(=O)C23CCC3)ccc1OCCN1C[C@@H](C)N(CC(=O)Nc2cc(C#N)cc(NC3CCC(=O)NC3=O)c2)[C@@H](C)C1. The number of hydrogen-bond donors (Lipinski definition) is 3. The molecule has 4 fully saturated rings. The Balaban J connectivity index is 0.968. The van der Waals surface area contributed by atoms with E-state index in [0.717, 1.165) is 29.1 Å². The Bertz CT molecular complexity index is 2420. The van der Waals surface area contributed by atoms with Crippen LogP contribution >= 0.6 is 12.2 Å². The number of alkyl halides is 3. The number of amides is 4. The summed E-state index contributed by atoms with van der Waals surface area (Å²) in [6, 6.07) is 14.1. The van der Waals surface area contributed by atoms with E-state index < -0.39 is 40.8 Å². The van der Waals surface area contributed by atoms with Crippen LogP contribution in [0, 0.1) is 22.7 Å². The highest BCUT2D eigenvalue weighted by Crippen LogP contribution is 2.49. The second-order valence-corrected chi connectivity index (χ2v) is 17.2. The van der Waals surface area contributed by atoms with E-state index >= 15 is 0 Å². The molecular formula is C44H47F3N10O5S. The first-order valence-corrected chi connectivity index (χ1v) is 21.2. The largest absolute Gasteiger partial charge is 0.492 e. The van der Waals surface area contributed by atoms with Crippen molar-refractivity contribution in [3.05, 3.63) is 71.0 Å². The van der Waals surface area contributed by atoms with Crippen molar-refractivity contribution in [3.63, 3.8) is 0 Å². The van der Waals surface area contributed by atoms with Crippen LogP contribution in [-0.2, 0) is 25.4 Å². The second kappa shape index (κ2) is 17.9. The van der Waals surface area contributed by atoms with E-state index in [4.69, 9.17) is 17.0 Å². The van der Waals surface area contributed by atoms with Gasteiger partial charge in [0.2, 0.25) is 17.7 Å². The van der Waals surface area contributed by atoms with Gasteiger partial charge in [0, 0.05) is 55.2 Å². The third-order valence-electron chi connectivity index (χ3n) is 12.1. The van der Waals surface area contributed by atoms with Gasteiger partial charge in [-0.1, -0.05) is 13.8 Å². The summed E-state index contributed by atoms with van der Waals surface area (Å²) in [5, 5.41) is 27.2. The molecule has 0 bridgehead atoms. The van der Waals surface area contributed by atoms with Crippen LogP contribution in [-0.4, -0.2) is 100.0 Å². The van der Waals surface area contributed by atoms with E-state index in [1.807, 2.05) is 32.0 Å². The monoisotopic (exact) mass is 884 g/mol. The fourth-order valence-corrected chi connectivity index (χ4v) is 9.31. The number of hydrogen-bond acceptors (Lipinski definition) is 12. The van der Waals surface area contributed by atoms with Crippen molar-refractivity contribution in [2.45, 2.75) is 95.6 Å². The highest BCUT2D eigenvalue weighted by molar-refractivity contribution is 7.81. The molecule has 4 amide bonds. The van der Waals surface area contributed by atoms with Gasteiger partial charge >= 0.3 is 6.18 Å². The first-order valence-electron chi connectivity index (χ1n) is 20.8. The molecule has 1 aromatic heterocycles. The Hall–Kier alpha value is -6.15. The fraction of sp³-hybridized carbons (Fsp3) is 0.455. The summed E-state index contributed by atoms with van der Waals surface area (Å²) in [4.78, 5) is 62.2. The van der Waals surface area contributed by atoms with E-state index in [2.05, 4.69) is 50.7 Å². The lowest BCUT2D eigenvalue weighted by Crippen LogP contribution is -2.58. The second-order valence-electron chi connectivity index (χ2n) is 16.8. The fourth-order valence-electron chi connectivity index (χ4n) is 8.84. The maximum Gasteiger partial charge on any atom is 0.419 e. The Labute approximate surface area is 368 Å². The number of ether oxygens (including phenoxy) is 1. The number of nitrogens with one attached hydrogen (secondary N) is 3. The van der Waals surface area contributed by atoms with Crippen LogP contribution in [0.15, 0.2) is 48.7 Å². The summed E-state index contributed by atoms with van der Waals surface area (Å²) in [7, 11) is 0. The average molecular weight is 885 g/mol. The van der Waals surface area contributed by atoms with Gasteiger partial charge in [-0.3, -0.25) is 39.2 Å². The van der Waals surface area contributed by atoms with Gasteiger partial charge in [-0.25, -0.2) is 4.98 Å². The highest BCUT2D eigenvalue weighted by atomic mass is 32.1. The Morgan fingerprint density at radius 3 is 2.37 bits per heavy atom. The first kappa shape index (κ1) is 44.9. The Morgan fingerprint density at radius 2 is 1.75 bits per heavy atom. The quantitative estimate of drug-likeness (QED) is 0.150. The van der Waals surface area contributed by atoms with Crippen LogP contribution in [0.2, 0.25) is 0 Å². The molecule has 7 rings (SSSR count). The topological polar surface area (TPSA) is 187 Å². The van der Waals surface area contributed by atoms with Crippen LogP contribution in [0.5, 0.6) is 5.75 Å².